The lowest BCUT2D eigenvalue weighted by atomic mass is 10.1. The summed E-state index contributed by atoms with van der Waals surface area (Å²) < 4.78 is 12.9. The van der Waals surface area contributed by atoms with Crippen LogP contribution in [0.5, 0.6) is 0 Å². The predicted octanol–water partition coefficient (Wildman–Crippen LogP) is 4.76. The molecule has 2 aromatic carbocycles. The maximum absolute atomic E-state index is 12.9. The van der Waals surface area contributed by atoms with Gasteiger partial charge in [0.05, 0.1) is 18.3 Å². The minimum atomic E-state index is -0.315. The van der Waals surface area contributed by atoms with Crippen LogP contribution < -0.4 is 10.6 Å². The van der Waals surface area contributed by atoms with Gasteiger partial charge in [0.25, 0.3) is 0 Å². The highest BCUT2D eigenvalue weighted by molar-refractivity contribution is 5.92. The van der Waals surface area contributed by atoms with E-state index < -0.39 is 0 Å². The fourth-order valence-electron chi connectivity index (χ4n) is 2.56. The van der Waals surface area contributed by atoms with Crippen LogP contribution in [0.2, 0.25) is 0 Å². The largest absolute Gasteiger partial charge is 0.340 e. The third-order valence-electron chi connectivity index (χ3n) is 4.19. The maximum Gasteiger partial charge on any atom is 0.228 e. The number of pyridine rings is 1. The highest BCUT2D eigenvalue weighted by atomic mass is 19.1. The number of carbonyl (C=O) groups excluding carboxylic acids is 1. The van der Waals surface area contributed by atoms with Gasteiger partial charge in [-0.1, -0.05) is 24.3 Å². The number of aryl methyl sites for hydroxylation is 1. The second-order valence-corrected chi connectivity index (χ2v) is 6.16. The molecule has 0 unspecified atom stereocenters. The van der Waals surface area contributed by atoms with E-state index in [4.69, 9.17) is 0 Å². The summed E-state index contributed by atoms with van der Waals surface area (Å²) in [6.07, 6.45) is 1.79. The molecule has 0 radical (unpaired) electrons. The molecule has 0 saturated carbocycles. The minimum Gasteiger partial charge on any atom is -0.340 e. The molecule has 0 aliphatic heterocycles. The van der Waals surface area contributed by atoms with E-state index in [1.54, 1.807) is 24.4 Å². The average molecular weight is 349 g/mol. The number of nitrogens with one attached hydrogen (secondary N) is 2. The van der Waals surface area contributed by atoms with Crippen LogP contribution in [0.25, 0.3) is 0 Å². The smallest absolute Gasteiger partial charge is 0.228 e. The molecule has 0 aliphatic carbocycles. The molecule has 0 fully saturated rings. The van der Waals surface area contributed by atoms with Crippen LogP contribution in [0.4, 0.5) is 21.6 Å². The Labute approximate surface area is 152 Å². The van der Waals surface area contributed by atoms with Gasteiger partial charge in [-0.3, -0.25) is 4.79 Å². The van der Waals surface area contributed by atoms with Crippen LogP contribution in [0, 0.1) is 19.7 Å². The van der Waals surface area contributed by atoms with E-state index in [0.29, 0.717) is 11.5 Å². The van der Waals surface area contributed by atoms with Crippen molar-refractivity contribution in [3.63, 3.8) is 0 Å². The van der Waals surface area contributed by atoms with Crippen molar-refractivity contribution < 1.29 is 9.18 Å². The number of rotatable bonds is 5. The van der Waals surface area contributed by atoms with Gasteiger partial charge in [0.15, 0.2) is 0 Å². The molecule has 1 aromatic heterocycles. The molecule has 5 heteroatoms. The van der Waals surface area contributed by atoms with E-state index in [-0.39, 0.29) is 18.1 Å². The van der Waals surface area contributed by atoms with Gasteiger partial charge in [0.2, 0.25) is 5.91 Å². The number of aromatic nitrogens is 1. The summed E-state index contributed by atoms with van der Waals surface area (Å²) in [7, 11) is 0. The SMILES string of the molecule is Cc1cccc(Nc2ccc(NC(=O)Cc3ccc(F)cc3)cn2)c1C. The average Bonchev–Trinajstić information content (AvgIpc) is 2.62. The molecular weight excluding hydrogens is 329 g/mol. The topological polar surface area (TPSA) is 54.0 Å². The number of hydrogen-bond donors (Lipinski definition) is 2. The summed E-state index contributed by atoms with van der Waals surface area (Å²) in [6.45, 7) is 4.12. The fourth-order valence-corrected chi connectivity index (χ4v) is 2.56. The Kier molecular flexibility index (Phi) is 5.27. The van der Waals surface area contributed by atoms with E-state index in [1.165, 1.54) is 23.3 Å². The molecule has 1 amide bonds. The van der Waals surface area contributed by atoms with Gasteiger partial charge in [-0.25, -0.2) is 9.37 Å². The van der Waals surface area contributed by atoms with Crippen molar-refractivity contribution in [2.75, 3.05) is 10.6 Å². The van der Waals surface area contributed by atoms with Gasteiger partial charge in [0, 0.05) is 5.69 Å². The van der Waals surface area contributed by atoms with E-state index in [1.807, 2.05) is 18.2 Å². The number of nitrogens with zero attached hydrogens (tertiary/aromatic N) is 1. The van der Waals surface area contributed by atoms with Crippen LogP contribution in [-0.2, 0) is 11.2 Å². The van der Waals surface area contributed by atoms with Crippen molar-refractivity contribution >= 4 is 23.1 Å². The first kappa shape index (κ1) is 17.6. The molecule has 1 heterocycles. The van der Waals surface area contributed by atoms with Crippen molar-refractivity contribution in [2.24, 2.45) is 0 Å². The zero-order valence-electron chi connectivity index (χ0n) is 14.7. The van der Waals surface area contributed by atoms with Gasteiger partial charge in [-0.2, -0.15) is 0 Å². The van der Waals surface area contributed by atoms with Crippen molar-refractivity contribution in [2.45, 2.75) is 20.3 Å². The highest BCUT2D eigenvalue weighted by Crippen LogP contribution is 2.22. The molecule has 0 spiro atoms. The number of hydrogen-bond acceptors (Lipinski definition) is 3. The molecule has 26 heavy (non-hydrogen) atoms. The third kappa shape index (κ3) is 4.45. The van der Waals surface area contributed by atoms with Gasteiger partial charge in [0.1, 0.15) is 11.6 Å². The first-order valence-corrected chi connectivity index (χ1v) is 8.35. The monoisotopic (exact) mass is 349 g/mol. The Morgan fingerprint density at radius 3 is 2.50 bits per heavy atom. The van der Waals surface area contributed by atoms with Crippen molar-refractivity contribution in [1.82, 2.24) is 4.98 Å². The van der Waals surface area contributed by atoms with Crippen LogP contribution >= 0.6 is 0 Å². The summed E-state index contributed by atoms with van der Waals surface area (Å²) >= 11 is 0. The quantitative estimate of drug-likeness (QED) is 0.698. The summed E-state index contributed by atoms with van der Waals surface area (Å²) in [6, 6.07) is 15.6. The first-order valence-electron chi connectivity index (χ1n) is 8.35. The molecular formula is C21H20FN3O. The minimum absolute atomic E-state index is 0.173. The maximum atomic E-state index is 12.9. The Balaban J connectivity index is 1.61. The van der Waals surface area contributed by atoms with Crippen LogP contribution in [0.1, 0.15) is 16.7 Å². The lowest BCUT2D eigenvalue weighted by molar-refractivity contribution is -0.115. The summed E-state index contributed by atoms with van der Waals surface area (Å²) in [5, 5.41) is 6.07. The Morgan fingerprint density at radius 1 is 1.04 bits per heavy atom. The molecule has 132 valence electrons. The third-order valence-corrected chi connectivity index (χ3v) is 4.19. The van der Waals surface area contributed by atoms with Gasteiger partial charge >= 0.3 is 0 Å². The molecule has 0 saturated heterocycles. The molecule has 0 atom stereocenters. The molecule has 0 aliphatic rings. The predicted molar refractivity (Wildman–Crippen MR) is 102 cm³/mol. The zero-order valence-corrected chi connectivity index (χ0v) is 14.7. The standard InChI is InChI=1S/C21H20FN3O/c1-14-4-3-5-19(15(14)2)25-20-11-10-18(13-23-20)24-21(26)12-16-6-8-17(22)9-7-16/h3-11,13H,12H2,1-2H3,(H,23,25)(H,24,26). The van der Waals surface area contributed by atoms with E-state index in [2.05, 4.69) is 35.5 Å². The number of halogens is 1. The number of carbonyl (C=O) groups is 1. The van der Waals surface area contributed by atoms with Crippen LogP contribution in [0.15, 0.2) is 60.8 Å². The van der Waals surface area contributed by atoms with Crippen LogP contribution in [0.3, 0.4) is 0 Å². The molecule has 4 nitrogen and oxygen atoms in total. The van der Waals surface area contributed by atoms with Gasteiger partial charge < -0.3 is 10.6 Å². The van der Waals surface area contributed by atoms with Crippen molar-refractivity contribution in [3.8, 4) is 0 Å². The van der Waals surface area contributed by atoms with E-state index in [9.17, 15) is 9.18 Å². The number of benzene rings is 2. The van der Waals surface area contributed by atoms with Crippen LogP contribution in [-0.4, -0.2) is 10.9 Å². The first-order chi connectivity index (χ1) is 12.5. The fraction of sp³-hybridized carbons (Fsp3) is 0.143. The summed E-state index contributed by atoms with van der Waals surface area (Å²) in [5.41, 5.74) is 4.75. The van der Waals surface area contributed by atoms with Gasteiger partial charge in [-0.05, 0) is 60.9 Å². The lowest BCUT2D eigenvalue weighted by Crippen LogP contribution is -2.14. The molecule has 2 N–H and O–H groups in total. The summed E-state index contributed by atoms with van der Waals surface area (Å²) in [5.74, 6) is 0.217. The van der Waals surface area contributed by atoms with E-state index in [0.717, 1.165) is 11.3 Å². The van der Waals surface area contributed by atoms with Crippen molar-refractivity contribution in [1.29, 1.82) is 0 Å². The Bertz CT molecular complexity index is 906. The number of anilines is 3. The summed E-state index contributed by atoms with van der Waals surface area (Å²) in [4.78, 5) is 16.4. The lowest BCUT2D eigenvalue weighted by Gasteiger charge is -2.11. The zero-order chi connectivity index (χ0) is 18.5. The Hall–Kier alpha value is -3.21. The second kappa shape index (κ2) is 7.78. The van der Waals surface area contributed by atoms with Gasteiger partial charge in [-0.15, -0.1) is 0 Å². The molecule has 3 rings (SSSR count). The Morgan fingerprint density at radius 2 is 1.81 bits per heavy atom. The second-order valence-electron chi connectivity index (χ2n) is 6.16. The molecule has 3 aromatic rings. The highest BCUT2D eigenvalue weighted by Gasteiger charge is 2.06. The number of amides is 1. The van der Waals surface area contributed by atoms with Crippen molar-refractivity contribution in [3.05, 3.63) is 83.3 Å². The molecule has 0 bridgehead atoms. The van der Waals surface area contributed by atoms with E-state index >= 15 is 0 Å². The normalized spacial score (nSPS) is 10.4.